The molecular formula is C34H36N2O8. The molecule has 10 nitrogen and oxygen atoms in total. The number of ether oxygens (including phenoxy) is 6. The van der Waals surface area contributed by atoms with Crippen LogP contribution in [0.4, 0.5) is 0 Å². The highest BCUT2D eigenvalue weighted by molar-refractivity contribution is 6.03. The molecule has 0 atom stereocenters. The predicted molar refractivity (Wildman–Crippen MR) is 162 cm³/mol. The minimum atomic E-state index is -0.826. The van der Waals surface area contributed by atoms with Crippen LogP contribution in [0.25, 0.3) is 16.0 Å². The molecule has 0 radical (unpaired) electrons. The summed E-state index contributed by atoms with van der Waals surface area (Å²) in [6, 6.07) is 9.25. The zero-order chi connectivity index (χ0) is 32.4. The van der Waals surface area contributed by atoms with Crippen molar-refractivity contribution in [3.05, 3.63) is 69.2 Å². The molecule has 2 aliphatic rings. The molecule has 0 N–H and O–H groups in total. The van der Waals surface area contributed by atoms with Crippen LogP contribution in [0.2, 0.25) is 0 Å². The van der Waals surface area contributed by atoms with E-state index in [1.54, 1.807) is 26.4 Å². The molecule has 0 saturated heterocycles. The molecular weight excluding hydrogens is 564 g/mol. The molecule has 4 rings (SSSR count). The van der Waals surface area contributed by atoms with Gasteiger partial charge in [0.05, 0.1) is 35.0 Å². The number of carbonyl (C=O) groups excluding carboxylic acids is 2. The average Bonchev–Trinajstić information content (AvgIpc) is 3.41. The Morgan fingerprint density at radius 3 is 1.59 bits per heavy atom. The van der Waals surface area contributed by atoms with Crippen LogP contribution in [-0.2, 0) is 29.9 Å². The van der Waals surface area contributed by atoms with Crippen LogP contribution in [0.3, 0.4) is 0 Å². The monoisotopic (exact) mass is 600 g/mol. The largest absolute Gasteiger partial charge is 0.493 e. The molecule has 230 valence electrons. The van der Waals surface area contributed by atoms with Gasteiger partial charge in [0.2, 0.25) is 0 Å². The summed E-state index contributed by atoms with van der Waals surface area (Å²) in [5.74, 6) is 0.434. The van der Waals surface area contributed by atoms with Crippen molar-refractivity contribution in [3.8, 4) is 29.1 Å². The van der Waals surface area contributed by atoms with Gasteiger partial charge in [0.25, 0.3) is 5.70 Å². The van der Waals surface area contributed by atoms with Gasteiger partial charge in [0, 0.05) is 0 Å². The summed E-state index contributed by atoms with van der Waals surface area (Å²) in [7, 11) is 6.14. The van der Waals surface area contributed by atoms with Crippen LogP contribution in [0.5, 0.6) is 23.0 Å². The van der Waals surface area contributed by atoms with Crippen molar-refractivity contribution in [3.63, 3.8) is 0 Å². The third kappa shape index (κ3) is 5.68. The van der Waals surface area contributed by atoms with Crippen LogP contribution < -0.4 is 18.9 Å². The van der Waals surface area contributed by atoms with Gasteiger partial charge in [-0.15, -0.1) is 0 Å². The van der Waals surface area contributed by atoms with Crippen LogP contribution in [-0.4, -0.2) is 53.6 Å². The standard InChI is InChI=1S/C34H36N2O8/c1-33(2)16-21(19-12-26(39-6)28(41-8)14-24(19)33)23(18-35)31(37)43-10-11-44-32(38)30(36-5)22-17-34(3,4)25-15-29(42-9)27(40-7)13-20(22)25/h12-15H,10-11,16-17H2,1-4,6-9H3/b23-21+,30-22+. The third-order valence-electron chi connectivity index (χ3n) is 8.15. The van der Waals surface area contributed by atoms with Gasteiger partial charge < -0.3 is 28.4 Å². The molecule has 10 heteroatoms. The number of esters is 2. The van der Waals surface area contributed by atoms with E-state index in [4.69, 9.17) is 35.0 Å². The minimum absolute atomic E-state index is 0.131. The first-order valence-corrected chi connectivity index (χ1v) is 14.0. The van der Waals surface area contributed by atoms with Gasteiger partial charge in [-0.3, -0.25) is 4.79 Å². The van der Waals surface area contributed by atoms with Gasteiger partial charge in [-0.25, -0.2) is 9.64 Å². The van der Waals surface area contributed by atoms with E-state index in [2.05, 4.69) is 4.85 Å². The molecule has 2 aliphatic carbocycles. The lowest BCUT2D eigenvalue weighted by atomic mass is 9.86. The Balaban J connectivity index is 1.51. The first-order valence-electron chi connectivity index (χ1n) is 14.0. The number of nitriles is 1. The quantitative estimate of drug-likeness (QED) is 0.116. The van der Waals surface area contributed by atoms with Gasteiger partial charge in [0.15, 0.2) is 23.0 Å². The average molecular weight is 601 g/mol. The lowest BCUT2D eigenvalue weighted by molar-refractivity contribution is -0.146. The van der Waals surface area contributed by atoms with E-state index in [9.17, 15) is 14.9 Å². The predicted octanol–water partition coefficient (Wildman–Crippen LogP) is 5.78. The van der Waals surface area contributed by atoms with Crippen molar-refractivity contribution >= 4 is 23.1 Å². The summed E-state index contributed by atoms with van der Waals surface area (Å²) in [5.41, 5.74) is 3.38. The highest BCUT2D eigenvalue weighted by Gasteiger charge is 2.39. The van der Waals surface area contributed by atoms with Crippen LogP contribution >= 0.6 is 0 Å². The minimum Gasteiger partial charge on any atom is -0.493 e. The maximum absolute atomic E-state index is 13.1. The van der Waals surface area contributed by atoms with Crippen molar-refractivity contribution in [1.29, 1.82) is 5.26 Å². The topological polar surface area (TPSA) is 118 Å². The number of hydrogen-bond donors (Lipinski definition) is 0. The van der Waals surface area contributed by atoms with Crippen LogP contribution in [0.15, 0.2) is 35.5 Å². The summed E-state index contributed by atoms with van der Waals surface area (Å²) in [6.07, 6.45) is 0.871. The lowest BCUT2D eigenvalue weighted by Gasteiger charge is -2.20. The second-order valence-corrected chi connectivity index (χ2v) is 11.8. The highest BCUT2D eigenvalue weighted by Crippen LogP contribution is 2.51. The van der Waals surface area contributed by atoms with E-state index in [-0.39, 0.29) is 35.3 Å². The zero-order valence-corrected chi connectivity index (χ0v) is 26.3. The molecule has 0 aliphatic heterocycles. The molecule has 0 aromatic heterocycles. The molecule has 2 aromatic rings. The van der Waals surface area contributed by atoms with E-state index in [0.717, 1.165) is 22.3 Å². The normalized spacial score (nSPS) is 17.7. The van der Waals surface area contributed by atoms with E-state index < -0.39 is 11.9 Å². The van der Waals surface area contributed by atoms with Crippen molar-refractivity contribution in [1.82, 2.24) is 0 Å². The Morgan fingerprint density at radius 2 is 1.16 bits per heavy atom. The highest BCUT2D eigenvalue weighted by atomic mass is 16.6. The molecule has 0 saturated carbocycles. The lowest BCUT2D eigenvalue weighted by Crippen LogP contribution is -2.17. The number of benzene rings is 2. The number of fused-ring (bicyclic) bond motifs is 2. The summed E-state index contributed by atoms with van der Waals surface area (Å²) in [5, 5.41) is 9.94. The number of rotatable bonds is 9. The van der Waals surface area contributed by atoms with Crippen LogP contribution in [0.1, 0.15) is 62.8 Å². The Kier molecular flexibility index (Phi) is 8.96. The van der Waals surface area contributed by atoms with E-state index in [1.165, 1.54) is 14.2 Å². The van der Waals surface area contributed by atoms with Gasteiger partial charge >= 0.3 is 11.9 Å². The molecule has 0 amide bonds. The molecule has 0 heterocycles. The van der Waals surface area contributed by atoms with Gasteiger partial charge in [0.1, 0.15) is 24.9 Å². The smallest absolute Gasteiger partial charge is 0.349 e. The van der Waals surface area contributed by atoms with E-state index in [1.807, 2.05) is 45.9 Å². The first-order chi connectivity index (χ1) is 20.9. The maximum Gasteiger partial charge on any atom is 0.349 e. The molecule has 2 aromatic carbocycles. The fraction of sp³-hybridized carbons (Fsp3) is 0.412. The fourth-order valence-electron chi connectivity index (χ4n) is 5.96. The Bertz CT molecular complexity index is 1540. The summed E-state index contributed by atoms with van der Waals surface area (Å²) in [4.78, 5) is 29.6. The van der Waals surface area contributed by atoms with Crippen molar-refractivity contribution in [2.75, 3.05) is 41.7 Å². The van der Waals surface area contributed by atoms with Crippen LogP contribution in [0, 0.1) is 17.9 Å². The van der Waals surface area contributed by atoms with Gasteiger partial charge in [-0.1, -0.05) is 27.7 Å². The van der Waals surface area contributed by atoms with Crippen molar-refractivity contribution in [2.45, 2.75) is 51.4 Å². The number of methoxy groups -OCH3 is 4. The molecule has 0 unspecified atom stereocenters. The first kappa shape index (κ1) is 32.0. The summed E-state index contributed by atoms with van der Waals surface area (Å²) in [6.45, 7) is 15.2. The van der Waals surface area contributed by atoms with E-state index in [0.29, 0.717) is 47.0 Å². The molecule has 0 spiro atoms. The van der Waals surface area contributed by atoms with Crippen molar-refractivity contribution < 1.29 is 38.0 Å². The summed E-state index contributed by atoms with van der Waals surface area (Å²) < 4.78 is 32.5. The Morgan fingerprint density at radius 1 is 0.750 bits per heavy atom. The fourth-order valence-corrected chi connectivity index (χ4v) is 5.96. The Hall–Kier alpha value is -4.96. The number of hydrogen-bond acceptors (Lipinski definition) is 9. The third-order valence-corrected chi connectivity index (χ3v) is 8.15. The molecule has 0 fully saturated rings. The number of carbonyl (C=O) groups is 2. The summed E-state index contributed by atoms with van der Waals surface area (Å²) >= 11 is 0. The van der Waals surface area contributed by atoms with E-state index >= 15 is 0 Å². The second-order valence-electron chi connectivity index (χ2n) is 11.8. The van der Waals surface area contributed by atoms with Crippen molar-refractivity contribution in [2.24, 2.45) is 0 Å². The SMILES string of the molecule is [C-]#[N+]/C(C(=O)OCCOC(=O)/C(C#N)=C1\CC(C)(C)c2cc(OC)c(OC)cc21)=C1\CC(C)(C)c2cc(OC)c(OC)cc21. The molecule has 0 bridgehead atoms. The maximum atomic E-state index is 13.1. The van der Waals surface area contributed by atoms with Gasteiger partial charge in [-0.05, 0) is 81.3 Å². The number of nitrogens with zero attached hydrogens (tertiary/aromatic N) is 2. The number of allylic oxidation sites excluding steroid dienone is 2. The Labute approximate surface area is 257 Å². The van der Waals surface area contributed by atoms with Gasteiger partial charge in [-0.2, -0.15) is 5.26 Å². The second kappa shape index (κ2) is 12.3. The zero-order valence-electron chi connectivity index (χ0n) is 26.3. The molecule has 44 heavy (non-hydrogen) atoms.